The molecule has 1 aliphatic rings. The molecule has 1 atom stereocenters. The summed E-state index contributed by atoms with van der Waals surface area (Å²) in [5.41, 5.74) is 19.2. The van der Waals surface area contributed by atoms with Gasteiger partial charge in [-0.25, -0.2) is 0 Å². The monoisotopic (exact) mass is 875 g/mol. The third-order valence-electron chi connectivity index (χ3n) is 14.0. The largest absolute Gasteiger partial charge is 0.456 e. The lowest BCUT2D eigenvalue weighted by Gasteiger charge is -2.32. The molecule has 0 N–H and O–H groups in total. The van der Waals surface area contributed by atoms with E-state index >= 15 is 0 Å². The highest BCUT2D eigenvalue weighted by molar-refractivity contribution is 7.25. The van der Waals surface area contributed by atoms with Crippen molar-refractivity contribution in [3.8, 4) is 44.5 Å². The van der Waals surface area contributed by atoms with Crippen molar-refractivity contribution in [2.75, 3.05) is 4.90 Å². The SMILES string of the molecule is c1ccc(CC2CCc3cc4oc5ccccc5c4c(-c4ccc5c(c4)sc4ccccc45)c3-c3cccc(N(c4ccc(-c5ccccc5)cc4)c4ccc(-c5ccccc5)cc4)c32)cc1. The van der Waals surface area contributed by atoms with Gasteiger partial charge in [0.25, 0.3) is 0 Å². The molecule has 1 aliphatic carbocycles. The second-order valence-electron chi connectivity index (χ2n) is 17.9. The lowest BCUT2D eigenvalue weighted by molar-refractivity contribution is 0.628. The lowest BCUT2D eigenvalue weighted by Crippen LogP contribution is -2.15. The van der Waals surface area contributed by atoms with Gasteiger partial charge in [-0.05, 0) is 135 Å². The number of hydrogen-bond donors (Lipinski definition) is 0. The number of thiophene rings is 1. The number of anilines is 3. The van der Waals surface area contributed by atoms with Crippen molar-refractivity contribution < 1.29 is 4.42 Å². The van der Waals surface area contributed by atoms with E-state index in [1.807, 2.05) is 11.3 Å². The van der Waals surface area contributed by atoms with Crippen LogP contribution in [0.25, 0.3) is 86.6 Å². The molecular weight excluding hydrogens is 831 g/mol. The molecule has 0 aliphatic heterocycles. The molecule has 12 aromatic rings. The summed E-state index contributed by atoms with van der Waals surface area (Å²) in [6.45, 7) is 0. The average Bonchev–Trinajstić information content (AvgIpc) is 3.91. The van der Waals surface area contributed by atoms with Gasteiger partial charge in [-0.3, -0.25) is 0 Å². The molecule has 0 amide bonds. The summed E-state index contributed by atoms with van der Waals surface area (Å²) in [6.07, 6.45) is 2.83. The van der Waals surface area contributed by atoms with Gasteiger partial charge in [0.15, 0.2) is 0 Å². The Kier molecular flexibility index (Phi) is 9.68. The third-order valence-corrected chi connectivity index (χ3v) is 15.1. The molecule has 1 unspecified atom stereocenters. The van der Waals surface area contributed by atoms with Crippen LogP contribution in [-0.4, -0.2) is 0 Å². The van der Waals surface area contributed by atoms with Gasteiger partial charge < -0.3 is 9.32 Å². The Balaban J connectivity index is 1.08. The minimum Gasteiger partial charge on any atom is -0.456 e. The van der Waals surface area contributed by atoms with Gasteiger partial charge >= 0.3 is 0 Å². The fourth-order valence-corrected chi connectivity index (χ4v) is 12.0. The Morgan fingerprint density at radius 3 is 1.73 bits per heavy atom. The number of aryl methyl sites for hydroxylation is 1. The first-order valence-corrected chi connectivity index (χ1v) is 24.2. The van der Waals surface area contributed by atoms with E-state index in [1.165, 1.54) is 92.4 Å². The van der Waals surface area contributed by atoms with Crippen molar-refractivity contribution in [2.45, 2.75) is 25.2 Å². The van der Waals surface area contributed by atoms with Gasteiger partial charge in [-0.1, -0.05) is 176 Å². The second-order valence-corrected chi connectivity index (χ2v) is 19.0. The van der Waals surface area contributed by atoms with E-state index in [2.05, 4.69) is 235 Å². The van der Waals surface area contributed by atoms with Crippen LogP contribution in [0.4, 0.5) is 17.1 Å². The zero-order chi connectivity index (χ0) is 44.3. The molecule has 0 radical (unpaired) electrons. The highest BCUT2D eigenvalue weighted by Gasteiger charge is 2.32. The zero-order valence-corrected chi connectivity index (χ0v) is 37.7. The van der Waals surface area contributed by atoms with Crippen LogP contribution in [0.1, 0.15) is 29.0 Å². The normalized spacial score (nSPS) is 13.5. The van der Waals surface area contributed by atoms with Crippen LogP contribution < -0.4 is 4.90 Å². The molecule has 0 bridgehead atoms. The molecule has 13 rings (SSSR count). The van der Waals surface area contributed by atoms with Crippen molar-refractivity contribution in [1.82, 2.24) is 0 Å². The lowest BCUT2D eigenvalue weighted by atomic mass is 9.82. The van der Waals surface area contributed by atoms with Crippen LogP contribution in [-0.2, 0) is 12.8 Å². The Bertz CT molecular complexity index is 3670. The maximum atomic E-state index is 6.82. The van der Waals surface area contributed by atoms with Crippen molar-refractivity contribution in [3.05, 3.63) is 247 Å². The van der Waals surface area contributed by atoms with E-state index < -0.39 is 0 Å². The smallest absolute Gasteiger partial charge is 0.136 e. The summed E-state index contributed by atoms with van der Waals surface area (Å²) in [4.78, 5) is 2.51. The molecule has 0 spiro atoms. The highest BCUT2D eigenvalue weighted by atomic mass is 32.1. The first kappa shape index (κ1) is 39.4. The Morgan fingerprint density at radius 1 is 0.448 bits per heavy atom. The molecule has 2 nitrogen and oxygen atoms in total. The minimum absolute atomic E-state index is 0.219. The van der Waals surface area contributed by atoms with E-state index in [0.29, 0.717) is 0 Å². The van der Waals surface area contributed by atoms with Crippen LogP contribution in [0.3, 0.4) is 0 Å². The summed E-state index contributed by atoms with van der Waals surface area (Å²) in [5, 5.41) is 4.94. The van der Waals surface area contributed by atoms with Crippen LogP contribution in [0, 0.1) is 0 Å². The van der Waals surface area contributed by atoms with Gasteiger partial charge in [-0.2, -0.15) is 0 Å². The highest BCUT2D eigenvalue weighted by Crippen LogP contribution is 2.53. The first-order valence-electron chi connectivity index (χ1n) is 23.4. The summed E-state index contributed by atoms with van der Waals surface area (Å²) in [5.74, 6) is 0.219. The number of furan rings is 1. The molecule has 0 fully saturated rings. The zero-order valence-electron chi connectivity index (χ0n) is 36.9. The molecule has 3 heteroatoms. The molecule has 2 aromatic heterocycles. The predicted octanol–water partition coefficient (Wildman–Crippen LogP) is 18.4. The van der Waals surface area contributed by atoms with E-state index in [0.717, 1.165) is 47.2 Å². The van der Waals surface area contributed by atoms with Crippen molar-refractivity contribution in [3.63, 3.8) is 0 Å². The van der Waals surface area contributed by atoms with E-state index in [4.69, 9.17) is 4.42 Å². The van der Waals surface area contributed by atoms with E-state index in [1.54, 1.807) is 0 Å². The summed E-state index contributed by atoms with van der Waals surface area (Å²) in [7, 11) is 0. The van der Waals surface area contributed by atoms with Gasteiger partial charge in [0.1, 0.15) is 11.2 Å². The molecule has 0 saturated carbocycles. The minimum atomic E-state index is 0.219. The number of fused-ring (bicyclic) bond motifs is 9. The van der Waals surface area contributed by atoms with E-state index in [-0.39, 0.29) is 5.92 Å². The van der Waals surface area contributed by atoms with Crippen molar-refractivity contribution in [1.29, 1.82) is 0 Å². The Labute approximate surface area is 394 Å². The third kappa shape index (κ3) is 6.94. The van der Waals surface area contributed by atoms with Crippen LogP contribution in [0.5, 0.6) is 0 Å². The predicted molar refractivity (Wildman–Crippen MR) is 284 cm³/mol. The van der Waals surface area contributed by atoms with Gasteiger partial charge in [-0.15, -0.1) is 11.3 Å². The summed E-state index contributed by atoms with van der Waals surface area (Å²) >= 11 is 1.88. The molecule has 67 heavy (non-hydrogen) atoms. The second kappa shape index (κ2) is 16.5. The number of rotatable bonds is 8. The average molecular weight is 876 g/mol. The maximum absolute atomic E-state index is 6.82. The quantitative estimate of drug-likeness (QED) is 0.151. The molecule has 10 aromatic carbocycles. The van der Waals surface area contributed by atoms with Crippen molar-refractivity contribution >= 4 is 70.5 Å². The fraction of sp³-hybridized carbons (Fsp3) is 0.0625. The summed E-state index contributed by atoms with van der Waals surface area (Å²) < 4.78 is 9.43. The number of para-hydroxylation sites is 1. The first-order chi connectivity index (χ1) is 33.2. The van der Waals surface area contributed by atoms with Crippen LogP contribution >= 0.6 is 11.3 Å². The fourth-order valence-electron chi connectivity index (χ4n) is 10.9. The molecule has 0 saturated heterocycles. The Morgan fingerprint density at radius 2 is 1.03 bits per heavy atom. The van der Waals surface area contributed by atoms with Crippen molar-refractivity contribution in [2.24, 2.45) is 0 Å². The standard InChI is InChI=1S/C64H45NOS/c1-4-15-42(16-5-1)39-47-27-28-48-40-58-64(54-22-10-12-25-57(54)66-58)63(49-33-38-53-52-21-11-13-26-59(52)67-60(53)41-49)62(48)55-23-14-24-56(61(47)55)65(50-34-29-45(30-35-50)43-17-6-2-7-18-43)51-36-31-46(32-37-51)44-19-8-3-9-20-44/h1-26,29-38,40-41,47H,27-28,39H2. The van der Waals surface area contributed by atoms with Crippen LogP contribution in [0.15, 0.2) is 235 Å². The summed E-state index contributed by atoms with van der Waals surface area (Å²) in [6, 6.07) is 84.8. The molecular formula is C64H45NOS. The Hall–Kier alpha value is -7.98. The molecule has 318 valence electrons. The van der Waals surface area contributed by atoms with Gasteiger partial charge in [0, 0.05) is 47.9 Å². The van der Waals surface area contributed by atoms with E-state index in [9.17, 15) is 0 Å². The number of benzene rings is 10. The van der Waals surface area contributed by atoms with Crippen LogP contribution in [0.2, 0.25) is 0 Å². The topological polar surface area (TPSA) is 16.4 Å². The van der Waals surface area contributed by atoms with Gasteiger partial charge in [0.05, 0.1) is 5.69 Å². The number of hydrogen-bond acceptors (Lipinski definition) is 3. The van der Waals surface area contributed by atoms with Gasteiger partial charge in [0.2, 0.25) is 0 Å². The number of nitrogens with zero attached hydrogens (tertiary/aromatic N) is 1. The molecule has 2 heterocycles. The maximum Gasteiger partial charge on any atom is 0.136 e.